The molecule has 0 aliphatic heterocycles. The summed E-state index contributed by atoms with van der Waals surface area (Å²) in [7, 11) is 0. The topological polar surface area (TPSA) is 52.0 Å². The van der Waals surface area contributed by atoms with Crippen LogP contribution >= 0.6 is 0 Å². The Morgan fingerprint density at radius 1 is 1.00 bits per heavy atom. The molecule has 0 amide bonds. The van der Waals surface area contributed by atoms with Gasteiger partial charge in [0.1, 0.15) is 0 Å². The Morgan fingerprint density at radius 3 is 1.78 bits per heavy atom. The van der Waals surface area contributed by atoms with E-state index in [9.17, 15) is 0 Å². The van der Waals surface area contributed by atoms with Crippen LogP contribution in [0, 0.1) is 11.8 Å². The van der Waals surface area contributed by atoms with Crippen molar-refractivity contribution in [3.8, 4) is 0 Å². The first-order valence-electron chi connectivity index (χ1n) is 3.78. The molecule has 0 aromatic heterocycles. The Hall–Kier alpha value is -0.0800. The van der Waals surface area contributed by atoms with Crippen LogP contribution < -0.4 is 11.5 Å². The minimum Gasteiger partial charge on any atom is -0.330 e. The molecule has 1 fully saturated rings. The molecule has 54 valence electrons. The first-order valence-corrected chi connectivity index (χ1v) is 3.78. The molecule has 0 radical (unpaired) electrons. The second-order valence-electron chi connectivity index (χ2n) is 2.91. The van der Waals surface area contributed by atoms with Gasteiger partial charge in [-0.1, -0.05) is 0 Å². The predicted molar refractivity (Wildman–Crippen MR) is 38.9 cm³/mol. The summed E-state index contributed by atoms with van der Waals surface area (Å²) in [6.45, 7) is 1.71. The van der Waals surface area contributed by atoms with Gasteiger partial charge >= 0.3 is 0 Å². The molecule has 1 rings (SSSR count). The molecule has 1 aliphatic rings. The Bertz CT molecular complexity index is 73.0. The fraction of sp³-hybridized carbons (Fsp3) is 1.00. The molecule has 0 aromatic rings. The number of rotatable bonds is 4. The Balaban J connectivity index is 1.96. The summed E-state index contributed by atoms with van der Waals surface area (Å²) in [4.78, 5) is 0. The Labute approximate surface area is 56.6 Å². The lowest BCUT2D eigenvalue weighted by Gasteiger charge is -1.93. The van der Waals surface area contributed by atoms with Crippen LogP contribution in [0.1, 0.15) is 19.3 Å². The number of hydrogen-bond donors (Lipinski definition) is 2. The predicted octanol–water partition coefficient (Wildman–Crippen LogP) is 0.320. The van der Waals surface area contributed by atoms with Gasteiger partial charge in [-0.05, 0) is 44.2 Å². The van der Waals surface area contributed by atoms with E-state index in [0.29, 0.717) is 0 Å². The van der Waals surface area contributed by atoms with Crippen LogP contribution in [0.3, 0.4) is 0 Å². The molecule has 9 heavy (non-hydrogen) atoms. The van der Waals surface area contributed by atoms with Crippen molar-refractivity contribution in [3.63, 3.8) is 0 Å². The molecule has 0 bridgehead atoms. The SMILES string of the molecule is NCC[C@@H]1C[C@H]1CCN. The molecule has 1 aliphatic carbocycles. The van der Waals surface area contributed by atoms with Crippen molar-refractivity contribution in [3.05, 3.63) is 0 Å². The van der Waals surface area contributed by atoms with E-state index in [-0.39, 0.29) is 0 Å². The summed E-state index contributed by atoms with van der Waals surface area (Å²) in [6, 6.07) is 0. The van der Waals surface area contributed by atoms with Crippen LogP contribution in [0.5, 0.6) is 0 Å². The highest BCUT2D eigenvalue weighted by molar-refractivity contribution is 4.85. The standard InChI is InChI=1S/C7H16N2/c8-3-1-6-5-7(6)2-4-9/h6-7H,1-5,8-9H2/t6-,7-/m1/s1. The lowest BCUT2D eigenvalue weighted by Crippen LogP contribution is -2.03. The van der Waals surface area contributed by atoms with Crippen molar-refractivity contribution < 1.29 is 0 Å². The molecule has 2 nitrogen and oxygen atoms in total. The van der Waals surface area contributed by atoms with Gasteiger partial charge in [0.15, 0.2) is 0 Å². The van der Waals surface area contributed by atoms with Gasteiger partial charge < -0.3 is 11.5 Å². The lowest BCUT2D eigenvalue weighted by molar-refractivity contribution is 0.620. The minimum absolute atomic E-state index is 0.853. The van der Waals surface area contributed by atoms with Crippen LogP contribution in [0.15, 0.2) is 0 Å². The molecule has 2 atom stereocenters. The number of nitrogens with two attached hydrogens (primary N) is 2. The number of hydrogen-bond acceptors (Lipinski definition) is 2. The van der Waals surface area contributed by atoms with E-state index in [1.54, 1.807) is 0 Å². The van der Waals surface area contributed by atoms with Crippen LogP contribution in [-0.4, -0.2) is 13.1 Å². The summed E-state index contributed by atoms with van der Waals surface area (Å²) in [5.41, 5.74) is 10.8. The lowest BCUT2D eigenvalue weighted by atomic mass is 10.2. The van der Waals surface area contributed by atoms with Crippen LogP contribution in [0.4, 0.5) is 0 Å². The summed E-state index contributed by atoms with van der Waals surface area (Å²) in [5.74, 6) is 1.86. The fourth-order valence-electron chi connectivity index (χ4n) is 1.45. The fourth-order valence-corrected chi connectivity index (χ4v) is 1.45. The largest absolute Gasteiger partial charge is 0.330 e. The van der Waals surface area contributed by atoms with Crippen LogP contribution in [-0.2, 0) is 0 Å². The van der Waals surface area contributed by atoms with E-state index in [2.05, 4.69) is 0 Å². The van der Waals surface area contributed by atoms with Gasteiger partial charge in [-0.3, -0.25) is 0 Å². The molecule has 4 N–H and O–H groups in total. The molecular formula is C7H16N2. The normalized spacial score (nSPS) is 32.7. The summed E-state index contributed by atoms with van der Waals surface area (Å²) in [5, 5.41) is 0. The van der Waals surface area contributed by atoms with E-state index in [1.165, 1.54) is 19.3 Å². The quantitative estimate of drug-likeness (QED) is 0.573. The van der Waals surface area contributed by atoms with Crippen molar-refractivity contribution in [1.82, 2.24) is 0 Å². The molecule has 0 unspecified atom stereocenters. The summed E-state index contributed by atoms with van der Waals surface area (Å²) < 4.78 is 0. The highest BCUT2D eigenvalue weighted by atomic mass is 14.6. The second-order valence-corrected chi connectivity index (χ2v) is 2.91. The van der Waals surface area contributed by atoms with Gasteiger partial charge in [0, 0.05) is 0 Å². The van der Waals surface area contributed by atoms with Gasteiger partial charge in [-0.15, -0.1) is 0 Å². The van der Waals surface area contributed by atoms with Gasteiger partial charge in [0.05, 0.1) is 0 Å². The highest BCUT2D eigenvalue weighted by Crippen LogP contribution is 2.42. The second kappa shape index (κ2) is 3.18. The maximum absolute atomic E-state index is 5.40. The maximum atomic E-state index is 5.40. The molecule has 1 saturated carbocycles. The average molecular weight is 128 g/mol. The van der Waals surface area contributed by atoms with Crippen molar-refractivity contribution in [2.45, 2.75) is 19.3 Å². The van der Waals surface area contributed by atoms with Gasteiger partial charge in [-0.2, -0.15) is 0 Å². The smallest absolute Gasteiger partial charge is 0.00745 e. The van der Waals surface area contributed by atoms with E-state index in [1.807, 2.05) is 0 Å². The van der Waals surface area contributed by atoms with E-state index in [0.717, 1.165) is 24.9 Å². The third-order valence-corrected chi connectivity index (χ3v) is 2.14. The van der Waals surface area contributed by atoms with E-state index >= 15 is 0 Å². The van der Waals surface area contributed by atoms with Crippen LogP contribution in [0.2, 0.25) is 0 Å². The Kier molecular flexibility index (Phi) is 2.49. The van der Waals surface area contributed by atoms with Crippen molar-refractivity contribution >= 4 is 0 Å². The highest BCUT2D eigenvalue weighted by Gasteiger charge is 2.34. The van der Waals surface area contributed by atoms with Gasteiger partial charge in [-0.25, -0.2) is 0 Å². The molecule has 0 spiro atoms. The minimum atomic E-state index is 0.853. The third-order valence-electron chi connectivity index (χ3n) is 2.14. The molecule has 0 aromatic carbocycles. The molecule has 2 heteroatoms. The first-order chi connectivity index (χ1) is 4.38. The zero-order chi connectivity index (χ0) is 6.69. The summed E-state index contributed by atoms with van der Waals surface area (Å²) >= 11 is 0. The van der Waals surface area contributed by atoms with Crippen molar-refractivity contribution in [2.75, 3.05) is 13.1 Å². The monoisotopic (exact) mass is 128 g/mol. The molecule has 0 saturated heterocycles. The van der Waals surface area contributed by atoms with E-state index in [4.69, 9.17) is 11.5 Å². The van der Waals surface area contributed by atoms with Gasteiger partial charge in [0.2, 0.25) is 0 Å². The summed E-state index contributed by atoms with van der Waals surface area (Å²) in [6.07, 6.45) is 3.81. The molecule has 0 heterocycles. The first kappa shape index (κ1) is 7.03. The Morgan fingerprint density at radius 2 is 1.44 bits per heavy atom. The van der Waals surface area contributed by atoms with Gasteiger partial charge in [0.25, 0.3) is 0 Å². The van der Waals surface area contributed by atoms with Crippen molar-refractivity contribution in [2.24, 2.45) is 23.3 Å². The zero-order valence-corrected chi connectivity index (χ0v) is 5.84. The van der Waals surface area contributed by atoms with Crippen LogP contribution in [0.25, 0.3) is 0 Å². The molecular weight excluding hydrogens is 112 g/mol. The average Bonchev–Trinajstić information content (AvgIpc) is 2.50. The van der Waals surface area contributed by atoms with Crippen molar-refractivity contribution in [1.29, 1.82) is 0 Å². The maximum Gasteiger partial charge on any atom is -0.00745 e. The zero-order valence-electron chi connectivity index (χ0n) is 5.84. The van der Waals surface area contributed by atoms with E-state index < -0.39 is 0 Å². The third kappa shape index (κ3) is 1.95.